The average molecular weight is 230 g/mol. The predicted molar refractivity (Wildman–Crippen MR) is 58.4 cm³/mol. The molecular weight excluding hydrogens is 218 g/mol. The number of aliphatic hydroxyl groups is 1. The molecule has 0 aromatic heterocycles. The minimum absolute atomic E-state index is 0.0434. The van der Waals surface area contributed by atoms with Gasteiger partial charge in [-0.2, -0.15) is 0 Å². The Morgan fingerprint density at radius 3 is 3.00 bits per heavy atom. The molecule has 82 valence electrons. The van der Waals surface area contributed by atoms with E-state index in [1.165, 1.54) is 0 Å². The van der Waals surface area contributed by atoms with Crippen LogP contribution in [-0.2, 0) is 4.79 Å². The lowest BCUT2D eigenvalue weighted by Gasteiger charge is -2.07. The molecule has 0 aliphatic carbocycles. The van der Waals surface area contributed by atoms with Gasteiger partial charge in [0.25, 0.3) is 0 Å². The topological polar surface area (TPSA) is 58.6 Å². The summed E-state index contributed by atoms with van der Waals surface area (Å²) < 4.78 is 5.18. The van der Waals surface area contributed by atoms with E-state index < -0.39 is 0 Å². The van der Waals surface area contributed by atoms with E-state index in [0.717, 1.165) is 0 Å². The zero-order valence-electron chi connectivity index (χ0n) is 8.07. The number of alkyl halides is 1. The third-order valence-corrected chi connectivity index (χ3v) is 1.84. The lowest BCUT2D eigenvalue weighted by Crippen LogP contribution is -2.12. The van der Waals surface area contributed by atoms with Gasteiger partial charge in [-0.15, -0.1) is 11.6 Å². The van der Waals surface area contributed by atoms with Gasteiger partial charge >= 0.3 is 0 Å². The molecule has 0 saturated carbocycles. The quantitative estimate of drug-likeness (QED) is 0.747. The van der Waals surface area contributed by atoms with Gasteiger partial charge in [0.15, 0.2) is 0 Å². The Bertz CT molecular complexity index is 330. The van der Waals surface area contributed by atoms with E-state index in [0.29, 0.717) is 11.4 Å². The molecule has 0 heterocycles. The fourth-order valence-corrected chi connectivity index (χ4v) is 1.09. The fraction of sp³-hybridized carbons (Fsp3) is 0.300. The maximum atomic E-state index is 11.0. The molecule has 4 nitrogen and oxygen atoms in total. The zero-order valence-corrected chi connectivity index (χ0v) is 8.83. The first-order chi connectivity index (χ1) is 7.26. The standard InChI is InChI=1S/C10H12ClNO3/c11-7-10(14)12-8-2-1-3-9(6-8)15-5-4-13/h1-3,6,13H,4-5,7H2,(H,12,14). The Labute approximate surface area is 92.8 Å². The zero-order chi connectivity index (χ0) is 11.1. The second kappa shape index (κ2) is 6.27. The number of carbonyl (C=O) groups excluding carboxylic acids is 1. The van der Waals surface area contributed by atoms with E-state index in [9.17, 15) is 4.79 Å². The van der Waals surface area contributed by atoms with Crippen molar-refractivity contribution < 1.29 is 14.6 Å². The van der Waals surface area contributed by atoms with Gasteiger partial charge in [0.1, 0.15) is 18.2 Å². The summed E-state index contributed by atoms with van der Waals surface area (Å²) in [5.41, 5.74) is 0.621. The van der Waals surface area contributed by atoms with Crippen molar-refractivity contribution in [1.82, 2.24) is 0 Å². The summed E-state index contributed by atoms with van der Waals surface area (Å²) in [5.74, 6) is 0.245. The van der Waals surface area contributed by atoms with Gasteiger partial charge in [-0.1, -0.05) is 6.07 Å². The lowest BCUT2D eigenvalue weighted by atomic mass is 10.3. The molecule has 0 spiro atoms. The van der Waals surface area contributed by atoms with Crippen molar-refractivity contribution in [2.75, 3.05) is 24.4 Å². The predicted octanol–water partition coefficient (Wildman–Crippen LogP) is 1.23. The molecule has 0 fully saturated rings. The van der Waals surface area contributed by atoms with Crippen LogP contribution in [0.25, 0.3) is 0 Å². The third-order valence-electron chi connectivity index (χ3n) is 1.60. The highest BCUT2D eigenvalue weighted by atomic mass is 35.5. The molecule has 0 radical (unpaired) electrons. The maximum Gasteiger partial charge on any atom is 0.239 e. The minimum atomic E-state index is -0.268. The molecular formula is C10H12ClNO3. The van der Waals surface area contributed by atoms with E-state index in [1.807, 2.05) is 0 Å². The SMILES string of the molecule is O=C(CCl)Nc1cccc(OCCO)c1. The molecule has 2 N–H and O–H groups in total. The van der Waals surface area contributed by atoms with Crippen molar-refractivity contribution in [3.8, 4) is 5.75 Å². The largest absolute Gasteiger partial charge is 0.491 e. The summed E-state index contributed by atoms with van der Waals surface area (Å²) in [7, 11) is 0. The number of halogens is 1. The Balaban J connectivity index is 2.61. The summed E-state index contributed by atoms with van der Waals surface area (Å²) in [6.07, 6.45) is 0. The second-order valence-corrected chi connectivity index (χ2v) is 3.05. The number of ether oxygens (including phenoxy) is 1. The number of hydrogen-bond acceptors (Lipinski definition) is 3. The Morgan fingerprint density at radius 2 is 2.33 bits per heavy atom. The highest BCUT2D eigenvalue weighted by Crippen LogP contribution is 2.17. The van der Waals surface area contributed by atoms with Crippen molar-refractivity contribution in [2.24, 2.45) is 0 Å². The number of benzene rings is 1. The van der Waals surface area contributed by atoms with Crippen LogP contribution in [0.3, 0.4) is 0 Å². The summed E-state index contributed by atoms with van der Waals surface area (Å²) in [6, 6.07) is 6.89. The van der Waals surface area contributed by atoms with Gasteiger partial charge in [0.2, 0.25) is 5.91 Å². The first kappa shape index (κ1) is 11.8. The van der Waals surface area contributed by atoms with Crippen molar-refractivity contribution in [2.45, 2.75) is 0 Å². The first-order valence-electron chi connectivity index (χ1n) is 4.46. The summed E-state index contributed by atoms with van der Waals surface area (Å²) in [6.45, 7) is 0.186. The van der Waals surface area contributed by atoms with Gasteiger partial charge in [-0.25, -0.2) is 0 Å². The van der Waals surface area contributed by atoms with Crippen LogP contribution in [0.5, 0.6) is 5.75 Å². The summed E-state index contributed by atoms with van der Waals surface area (Å²) >= 11 is 5.35. The highest BCUT2D eigenvalue weighted by Gasteiger charge is 2.01. The average Bonchev–Trinajstić information content (AvgIpc) is 2.26. The van der Waals surface area contributed by atoms with E-state index >= 15 is 0 Å². The monoisotopic (exact) mass is 229 g/mol. The van der Waals surface area contributed by atoms with E-state index in [2.05, 4.69) is 5.32 Å². The first-order valence-corrected chi connectivity index (χ1v) is 4.99. The molecule has 1 aromatic carbocycles. The Morgan fingerprint density at radius 1 is 1.53 bits per heavy atom. The van der Waals surface area contributed by atoms with Crippen LogP contribution in [0.2, 0.25) is 0 Å². The minimum Gasteiger partial charge on any atom is -0.491 e. The van der Waals surface area contributed by atoms with Crippen LogP contribution >= 0.6 is 11.6 Å². The van der Waals surface area contributed by atoms with Crippen LogP contribution < -0.4 is 10.1 Å². The number of nitrogens with one attached hydrogen (secondary N) is 1. The van der Waals surface area contributed by atoms with Crippen molar-refractivity contribution in [3.05, 3.63) is 24.3 Å². The number of amides is 1. The second-order valence-electron chi connectivity index (χ2n) is 2.78. The summed E-state index contributed by atoms with van der Waals surface area (Å²) in [5, 5.41) is 11.2. The maximum absolute atomic E-state index is 11.0. The summed E-state index contributed by atoms with van der Waals surface area (Å²) in [4.78, 5) is 11.0. The van der Waals surface area contributed by atoms with Gasteiger partial charge in [-0.05, 0) is 12.1 Å². The molecule has 0 aliphatic rings. The van der Waals surface area contributed by atoms with E-state index in [4.69, 9.17) is 21.4 Å². The van der Waals surface area contributed by atoms with E-state index in [-0.39, 0.29) is 25.0 Å². The van der Waals surface area contributed by atoms with Gasteiger partial charge in [0.05, 0.1) is 6.61 Å². The Kier molecular flexibility index (Phi) is 4.93. The molecule has 1 aromatic rings. The van der Waals surface area contributed by atoms with Gasteiger partial charge in [0, 0.05) is 11.8 Å². The van der Waals surface area contributed by atoms with Crippen LogP contribution in [0, 0.1) is 0 Å². The Hall–Kier alpha value is -1.26. The van der Waals surface area contributed by atoms with Crippen molar-refractivity contribution in [3.63, 3.8) is 0 Å². The van der Waals surface area contributed by atoms with Crippen LogP contribution in [-0.4, -0.2) is 30.1 Å². The molecule has 15 heavy (non-hydrogen) atoms. The molecule has 5 heteroatoms. The molecule has 0 saturated heterocycles. The number of hydrogen-bond donors (Lipinski definition) is 2. The molecule has 0 aliphatic heterocycles. The number of aliphatic hydroxyl groups excluding tert-OH is 1. The molecule has 0 unspecified atom stereocenters. The lowest BCUT2D eigenvalue weighted by molar-refractivity contribution is -0.113. The smallest absolute Gasteiger partial charge is 0.239 e. The van der Waals surface area contributed by atoms with Crippen LogP contribution in [0.4, 0.5) is 5.69 Å². The molecule has 0 atom stereocenters. The molecule has 1 rings (SSSR count). The molecule has 0 bridgehead atoms. The normalized spacial score (nSPS) is 9.73. The van der Waals surface area contributed by atoms with Crippen molar-refractivity contribution in [1.29, 1.82) is 0 Å². The van der Waals surface area contributed by atoms with Gasteiger partial charge < -0.3 is 15.2 Å². The fourth-order valence-electron chi connectivity index (χ4n) is 1.02. The third kappa shape index (κ3) is 4.18. The van der Waals surface area contributed by atoms with E-state index in [1.54, 1.807) is 24.3 Å². The van der Waals surface area contributed by atoms with Crippen LogP contribution in [0.1, 0.15) is 0 Å². The number of rotatable bonds is 5. The van der Waals surface area contributed by atoms with Crippen LogP contribution in [0.15, 0.2) is 24.3 Å². The van der Waals surface area contributed by atoms with Crippen molar-refractivity contribution >= 4 is 23.2 Å². The molecule has 1 amide bonds. The number of carbonyl (C=O) groups is 1. The highest BCUT2D eigenvalue weighted by molar-refractivity contribution is 6.29. The van der Waals surface area contributed by atoms with Gasteiger partial charge in [-0.3, -0.25) is 4.79 Å². The number of anilines is 1.